The molecule has 0 aliphatic rings. The highest BCUT2D eigenvalue weighted by atomic mass is 27.1. The molecule has 0 nitrogen and oxygen atoms in total. The van der Waals surface area contributed by atoms with Crippen LogP contribution in [0.25, 0.3) is 0 Å². The van der Waals surface area contributed by atoms with Crippen molar-refractivity contribution in [2.75, 3.05) is 0 Å². The molecule has 0 aromatic carbocycles. The standard InChI is InChI=1S/3C8H17.3Al.6H/c3*1-5-7(3)8(4)6-2;;;;;;;;;/h3*7-8H,3,5-6H2,1-2,4H3;;;;;;;;;. The van der Waals surface area contributed by atoms with Crippen LogP contribution < -0.4 is 0 Å². The fraction of sp³-hybridized carbons (Fsp3) is 1.00. The zero-order valence-corrected chi connectivity index (χ0v) is 27.8. The monoisotopic (exact) mass is 426 g/mol. The van der Waals surface area contributed by atoms with E-state index in [4.69, 9.17) is 0 Å². The highest BCUT2D eigenvalue weighted by Crippen LogP contribution is 2.22. The summed E-state index contributed by atoms with van der Waals surface area (Å²) >= 11 is 4.15. The number of hydrogen-bond acceptors (Lipinski definition) is 0. The van der Waals surface area contributed by atoms with Crippen molar-refractivity contribution < 1.29 is 0 Å². The molecular formula is C24H57Al3. The van der Waals surface area contributed by atoms with Gasteiger partial charge in [-0.25, -0.2) is 0 Å². The molecule has 6 unspecified atom stereocenters. The molecule has 0 rings (SSSR count). The van der Waals surface area contributed by atoms with Gasteiger partial charge in [-0.3, -0.25) is 0 Å². The van der Waals surface area contributed by atoms with E-state index in [1.807, 2.05) is 0 Å². The maximum absolute atomic E-state index is 2.38. The quantitative estimate of drug-likeness (QED) is 0.320. The fourth-order valence-electron chi connectivity index (χ4n) is 4.28. The van der Waals surface area contributed by atoms with Crippen molar-refractivity contribution in [2.45, 2.75) is 117 Å². The summed E-state index contributed by atoms with van der Waals surface area (Å²) in [4.78, 5) is 0. The van der Waals surface area contributed by atoms with Gasteiger partial charge in [0.25, 0.3) is 0 Å². The maximum atomic E-state index is 2.38. The van der Waals surface area contributed by atoms with Crippen LogP contribution in [0.5, 0.6) is 0 Å². The number of rotatable bonds is 12. The van der Waals surface area contributed by atoms with Crippen LogP contribution in [0.4, 0.5) is 0 Å². The summed E-state index contributed by atoms with van der Waals surface area (Å²) < 4.78 is 0. The molecule has 0 bridgehead atoms. The average molecular weight is 427 g/mol. The molecule has 27 heavy (non-hydrogen) atoms. The van der Waals surface area contributed by atoms with E-state index >= 15 is 0 Å². The van der Waals surface area contributed by atoms with Crippen molar-refractivity contribution in [3.63, 3.8) is 0 Å². The highest BCUT2D eigenvalue weighted by Gasteiger charge is 2.11. The second-order valence-electron chi connectivity index (χ2n) is 8.89. The Morgan fingerprint density at radius 2 is 0.593 bits per heavy atom. The summed E-state index contributed by atoms with van der Waals surface area (Å²) in [6.07, 6.45) is 8.25. The lowest BCUT2D eigenvalue weighted by Crippen LogP contribution is -2.08. The van der Waals surface area contributed by atoms with Crippen LogP contribution in [-0.4, -0.2) is 48.9 Å². The molecule has 162 valence electrons. The lowest BCUT2D eigenvalue weighted by molar-refractivity contribution is 0.367. The normalized spacial score (nSPS) is 17.2. The van der Waals surface area contributed by atoms with Crippen LogP contribution in [0.3, 0.4) is 0 Å². The molecule has 0 saturated carbocycles. The Kier molecular flexibility index (Phi) is 29.4. The van der Waals surface area contributed by atoms with Crippen molar-refractivity contribution >= 4 is 48.9 Å². The topological polar surface area (TPSA) is 0 Å². The van der Waals surface area contributed by atoms with Gasteiger partial charge in [-0.05, 0) is 17.8 Å². The Balaban J connectivity index is -0.000000320. The van der Waals surface area contributed by atoms with Crippen LogP contribution in [0.2, 0.25) is 15.8 Å². The summed E-state index contributed by atoms with van der Waals surface area (Å²) in [5.41, 5.74) is 0. The maximum Gasteiger partial charge on any atom is 0.212 e. The van der Waals surface area contributed by atoms with E-state index in [9.17, 15) is 0 Å². The van der Waals surface area contributed by atoms with E-state index < -0.39 is 0 Å². The minimum absolute atomic E-state index is 0.965. The van der Waals surface area contributed by atoms with Gasteiger partial charge in [0.2, 0.25) is 48.9 Å². The molecule has 0 aliphatic heterocycles. The molecule has 0 fully saturated rings. The molecule has 0 N–H and O–H groups in total. The Bertz CT molecular complexity index is 216. The molecule has 0 aromatic rings. The van der Waals surface area contributed by atoms with Gasteiger partial charge < -0.3 is 0 Å². The van der Waals surface area contributed by atoms with Gasteiger partial charge in [0.05, 0.1) is 0 Å². The van der Waals surface area contributed by atoms with Crippen molar-refractivity contribution in [3.8, 4) is 0 Å². The lowest BCUT2D eigenvalue weighted by Gasteiger charge is -2.19. The van der Waals surface area contributed by atoms with Crippen molar-refractivity contribution in [1.82, 2.24) is 0 Å². The largest absolute Gasteiger partial charge is 0.212 e. The summed E-state index contributed by atoms with van der Waals surface area (Å²) in [5.74, 6) is 5.98. The van der Waals surface area contributed by atoms with Gasteiger partial charge in [0, 0.05) is 0 Å². The summed E-state index contributed by atoms with van der Waals surface area (Å²) in [7, 11) is 0. The first-order valence-corrected chi connectivity index (χ1v) is 17.0. The van der Waals surface area contributed by atoms with Crippen LogP contribution in [0, 0.1) is 35.5 Å². The van der Waals surface area contributed by atoms with Gasteiger partial charge in [0.15, 0.2) is 0 Å². The summed E-state index contributed by atoms with van der Waals surface area (Å²) in [5, 5.41) is 4.47. The van der Waals surface area contributed by atoms with Crippen LogP contribution in [0.1, 0.15) is 101 Å². The van der Waals surface area contributed by atoms with E-state index in [2.05, 4.69) is 62.3 Å². The van der Waals surface area contributed by atoms with E-state index in [1.54, 1.807) is 0 Å². The van der Waals surface area contributed by atoms with E-state index in [-0.39, 0.29) is 0 Å². The third-order valence-corrected chi connectivity index (χ3v) is 10.6. The zero-order chi connectivity index (χ0) is 21.8. The molecule has 0 spiro atoms. The second kappa shape index (κ2) is 23.9. The Morgan fingerprint density at radius 3 is 0.630 bits per heavy atom. The molecule has 0 saturated heterocycles. The smallest absolute Gasteiger partial charge is 0.0982 e. The first-order valence-electron chi connectivity index (χ1n) is 12.8. The fourth-order valence-corrected chi connectivity index (χ4v) is 8.43. The first-order chi connectivity index (χ1) is 12.8. The van der Waals surface area contributed by atoms with Gasteiger partial charge >= 0.3 is 0 Å². The Morgan fingerprint density at radius 1 is 0.407 bits per heavy atom. The molecule has 0 aromatic heterocycles. The Hall–Kier alpha value is 1.60. The summed E-state index contributed by atoms with van der Waals surface area (Å²) in [6, 6.07) is 0. The summed E-state index contributed by atoms with van der Waals surface area (Å²) in [6.45, 7) is 21.0. The molecule has 0 aliphatic carbocycles. The molecular weight excluding hydrogens is 369 g/mol. The second-order valence-corrected chi connectivity index (χ2v) is 11.3. The molecule has 0 heterocycles. The predicted octanol–water partition coefficient (Wildman–Crippen LogP) is 6.33. The minimum Gasteiger partial charge on any atom is -0.0982 e. The zero-order valence-electron chi connectivity index (χ0n) is 21.8. The van der Waals surface area contributed by atoms with E-state index in [1.165, 1.54) is 103 Å². The molecule has 0 amide bonds. The molecule has 6 atom stereocenters. The molecule has 0 radical (unpaired) electrons. The molecule has 3 heteroatoms. The first kappa shape index (κ1) is 33.2. The van der Waals surface area contributed by atoms with Crippen molar-refractivity contribution in [2.24, 2.45) is 35.5 Å². The van der Waals surface area contributed by atoms with Gasteiger partial charge in [0.1, 0.15) is 0 Å². The van der Waals surface area contributed by atoms with Gasteiger partial charge in [-0.15, -0.1) is 0 Å². The van der Waals surface area contributed by atoms with Crippen LogP contribution >= 0.6 is 0 Å². The predicted molar refractivity (Wildman–Crippen MR) is 140 cm³/mol. The van der Waals surface area contributed by atoms with Gasteiger partial charge in [-0.2, -0.15) is 0 Å². The van der Waals surface area contributed by atoms with Crippen LogP contribution in [-0.2, 0) is 0 Å². The average Bonchev–Trinajstić information content (AvgIpc) is 2.71. The Labute approximate surface area is 200 Å². The lowest BCUT2D eigenvalue weighted by atomic mass is 9.91. The van der Waals surface area contributed by atoms with Crippen molar-refractivity contribution in [3.05, 3.63) is 0 Å². The van der Waals surface area contributed by atoms with Crippen LogP contribution in [0.15, 0.2) is 0 Å². The SMILES string of the molecule is CCC(C)C(CC)[CH2][AlH2].CCC(C)C(CC)[CH2][AlH2].CCC(C)C(CC)[CH2][AlH2]. The highest BCUT2D eigenvalue weighted by molar-refractivity contribution is 6.09. The third-order valence-electron chi connectivity index (χ3n) is 7.49. The van der Waals surface area contributed by atoms with Crippen molar-refractivity contribution in [1.29, 1.82) is 0 Å². The minimum atomic E-state index is 0.965. The van der Waals surface area contributed by atoms with Gasteiger partial charge in [-0.1, -0.05) is 134 Å². The van der Waals surface area contributed by atoms with E-state index in [0.717, 1.165) is 35.5 Å². The number of hydrogen-bond donors (Lipinski definition) is 0. The van der Waals surface area contributed by atoms with E-state index in [0.29, 0.717) is 0 Å². The third kappa shape index (κ3) is 18.1.